The van der Waals surface area contributed by atoms with Gasteiger partial charge in [-0.25, -0.2) is 8.42 Å². The standard InChI is InChI=1S/C12H19N3O2S/c1-2-18(16,17)15-9-7-14(8-10-15)11-12-5-3-4-6-13-12/h3-6H,2,7-11H2,1H3. The van der Waals surface area contributed by atoms with Crippen LogP contribution in [0.15, 0.2) is 24.4 Å². The summed E-state index contributed by atoms with van der Waals surface area (Å²) in [5.74, 6) is 0.188. The summed E-state index contributed by atoms with van der Waals surface area (Å²) in [6, 6.07) is 5.87. The summed E-state index contributed by atoms with van der Waals surface area (Å²) in [7, 11) is -3.03. The molecule has 1 aromatic heterocycles. The molecule has 0 saturated carbocycles. The van der Waals surface area contributed by atoms with E-state index in [1.807, 2.05) is 18.2 Å². The number of hydrogen-bond acceptors (Lipinski definition) is 4. The van der Waals surface area contributed by atoms with Crippen molar-refractivity contribution in [1.82, 2.24) is 14.2 Å². The Kier molecular flexibility index (Phi) is 4.31. The molecule has 1 aliphatic rings. The van der Waals surface area contributed by atoms with Crippen molar-refractivity contribution < 1.29 is 8.42 Å². The molecule has 0 aliphatic carbocycles. The summed E-state index contributed by atoms with van der Waals surface area (Å²) in [6.45, 7) is 5.20. The SMILES string of the molecule is CCS(=O)(=O)N1CCN(Cc2ccccn2)CC1. The van der Waals surface area contributed by atoms with E-state index in [-0.39, 0.29) is 5.75 Å². The fraction of sp³-hybridized carbons (Fsp3) is 0.583. The van der Waals surface area contributed by atoms with Crippen LogP contribution in [-0.2, 0) is 16.6 Å². The van der Waals surface area contributed by atoms with Crippen LogP contribution in [0.1, 0.15) is 12.6 Å². The lowest BCUT2D eigenvalue weighted by molar-refractivity contribution is 0.180. The fourth-order valence-corrected chi connectivity index (χ4v) is 3.15. The smallest absolute Gasteiger partial charge is 0.213 e. The maximum Gasteiger partial charge on any atom is 0.213 e. The van der Waals surface area contributed by atoms with E-state index in [4.69, 9.17) is 0 Å². The van der Waals surface area contributed by atoms with Crippen LogP contribution in [0.5, 0.6) is 0 Å². The molecule has 5 nitrogen and oxygen atoms in total. The zero-order chi connectivity index (χ0) is 13.0. The summed E-state index contributed by atoms with van der Waals surface area (Å²) < 4.78 is 25.0. The maximum absolute atomic E-state index is 11.7. The largest absolute Gasteiger partial charge is 0.295 e. The van der Waals surface area contributed by atoms with E-state index in [0.717, 1.165) is 25.3 Å². The minimum atomic E-state index is -3.03. The van der Waals surface area contributed by atoms with Gasteiger partial charge in [0.25, 0.3) is 0 Å². The first kappa shape index (κ1) is 13.5. The van der Waals surface area contributed by atoms with Crippen molar-refractivity contribution in [2.75, 3.05) is 31.9 Å². The van der Waals surface area contributed by atoms with E-state index in [1.54, 1.807) is 17.4 Å². The van der Waals surface area contributed by atoms with Crippen LogP contribution in [0.3, 0.4) is 0 Å². The van der Waals surface area contributed by atoms with Crippen molar-refractivity contribution in [1.29, 1.82) is 0 Å². The van der Waals surface area contributed by atoms with Crippen LogP contribution in [0, 0.1) is 0 Å². The normalized spacial score (nSPS) is 18.9. The van der Waals surface area contributed by atoms with Crippen molar-refractivity contribution in [3.05, 3.63) is 30.1 Å². The lowest BCUT2D eigenvalue weighted by atomic mass is 10.3. The Bertz CT molecular complexity index is 467. The Hall–Kier alpha value is -0.980. The highest BCUT2D eigenvalue weighted by molar-refractivity contribution is 7.89. The van der Waals surface area contributed by atoms with E-state index in [1.165, 1.54) is 0 Å². The predicted octanol–water partition coefficient (Wildman–Crippen LogP) is 0.549. The zero-order valence-corrected chi connectivity index (χ0v) is 11.4. The van der Waals surface area contributed by atoms with E-state index >= 15 is 0 Å². The van der Waals surface area contributed by atoms with Gasteiger partial charge >= 0.3 is 0 Å². The van der Waals surface area contributed by atoms with Crippen LogP contribution in [0.25, 0.3) is 0 Å². The Morgan fingerprint density at radius 3 is 2.50 bits per heavy atom. The quantitative estimate of drug-likeness (QED) is 0.801. The molecule has 1 saturated heterocycles. The molecule has 0 N–H and O–H groups in total. The number of pyridine rings is 1. The molecule has 0 aromatic carbocycles. The lowest BCUT2D eigenvalue weighted by Crippen LogP contribution is -2.48. The van der Waals surface area contributed by atoms with Crippen molar-refractivity contribution in [3.8, 4) is 0 Å². The van der Waals surface area contributed by atoms with E-state index < -0.39 is 10.0 Å². The van der Waals surface area contributed by atoms with Gasteiger partial charge in [0.05, 0.1) is 11.4 Å². The van der Waals surface area contributed by atoms with Gasteiger partial charge in [-0.05, 0) is 19.1 Å². The summed E-state index contributed by atoms with van der Waals surface area (Å²) in [5.41, 5.74) is 1.03. The van der Waals surface area contributed by atoms with Crippen LogP contribution in [0.2, 0.25) is 0 Å². The highest BCUT2D eigenvalue weighted by Crippen LogP contribution is 2.10. The van der Waals surface area contributed by atoms with Gasteiger partial charge in [0.1, 0.15) is 0 Å². The molecule has 2 heterocycles. The average molecular weight is 269 g/mol. The maximum atomic E-state index is 11.7. The van der Waals surface area contributed by atoms with E-state index in [2.05, 4.69) is 9.88 Å². The molecule has 100 valence electrons. The molecule has 0 amide bonds. The molecule has 2 rings (SSSR count). The van der Waals surface area contributed by atoms with Gasteiger partial charge in [-0.1, -0.05) is 6.07 Å². The van der Waals surface area contributed by atoms with Gasteiger partial charge in [-0.15, -0.1) is 0 Å². The Balaban J connectivity index is 1.88. The number of rotatable bonds is 4. The number of nitrogens with zero attached hydrogens (tertiary/aromatic N) is 3. The summed E-state index contributed by atoms with van der Waals surface area (Å²) in [5, 5.41) is 0. The highest BCUT2D eigenvalue weighted by Gasteiger charge is 2.25. The minimum absolute atomic E-state index is 0.188. The molecule has 1 aliphatic heterocycles. The van der Waals surface area contributed by atoms with Gasteiger partial charge in [0.2, 0.25) is 10.0 Å². The first-order chi connectivity index (χ1) is 8.62. The zero-order valence-electron chi connectivity index (χ0n) is 10.6. The van der Waals surface area contributed by atoms with Crippen LogP contribution < -0.4 is 0 Å². The van der Waals surface area contributed by atoms with Gasteiger partial charge in [0.15, 0.2) is 0 Å². The van der Waals surface area contributed by atoms with Crippen molar-refractivity contribution >= 4 is 10.0 Å². The number of sulfonamides is 1. The molecule has 0 unspecified atom stereocenters. The topological polar surface area (TPSA) is 53.5 Å². The van der Waals surface area contributed by atoms with Crippen molar-refractivity contribution in [2.24, 2.45) is 0 Å². The van der Waals surface area contributed by atoms with Gasteiger partial charge in [0, 0.05) is 38.9 Å². The third-order valence-corrected chi connectivity index (χ3v) is 5.08. The molecule has 0 atom stereocenters. The molecular weight excluding hydrogens is 250 g/mol. The second kappa shape index (κ2) is 5.77. The Morgan fingerprint density at radius 1 is 1.22 bits per heavy atom. The first-order valence-corrected chi connectivity index (χ1v) is 7.83. The fourth-order valence-electron chi connectivity index (χ4n) is 2.07. The monoisotopic (exact) mass is 269 g/mol. The van der Waals surface area contributed by atoms with Gasteiger partial charge < -0.3 is 0 Å². The molecule has 0 spiro atoms. The van der Waals surface area contributed by atoms with Crippen molar-refractivity contribution in [3.63, 3.8) is 0 Å². The predicted molar refractivity (Wildman–Crippen MR) is 70.5 cm³/mol. The van der Waals surface area contributed by atoms with Crippen molar-refractivity contribution in [2.45, 2.75) is 13.5 Å². The number of aromatic nitrogens is 1. The Labute approximate surface area is 108 Å². The minimum Gasteiger partial charge on any atom is -0.295 e. The third kappa shape index (κ3) is 3.28. The summed E-state index contributed by atoms with van der Waals surface area (Å²) >= 11 is 0. The highest BCUT2D eigenvalue weighted by atomic mass is 32.2. The molecule has 6 heteroatoms. The lowest BCUT2D eigenvalue weighted by Gasteiger charge is -2.33. The second-order valence-corrected chi connectivity index (χ2v) is 6.65. The van der Waals surface area contributed by atoms with Crippen LogP contribution in [-0.4, -0.2) is 54.5 Å². The average Bonchev–Trinajstić information content (AvgIpc) is 2.40. The second-order valence-electron chi connectivity index (χ2n) is 4.40. The number of hydrogen-bond donors (Lipinski definition) is 0. The third-order valence-electron chi connectivity index (χ3n) is 3.20. The van der Waals surface area contributed by atoms with Crippen LogP contribution in [0.4, 0.5) is 0 Å². The summed E-state index contributed by atoms with van der Waals surface area (Å²) in [4.78, 5) is 6.52. The molecular formula is C12H19N3O2S. The van der Waals surface area contributed by atoms with Gasteiger partial charge in [-0.3, -0.25) is 9.88 Å². The molecule has 1 aromatic rings. The van der Waals surface area contributed by atoms with E-state index in [9.17, 15) is 8.42 Å². The molecule has 0 radical (unpaired) electrons. The van der Waals surface area contributed by atoms with Crippen LogP contribution >= 0.6 is 0 Å². The Morgan fingerprint density at radius 2 is 1.94 bits per heavy atom. The molecule has 18 heavy (non-hydrogen) atoms. The van der Waals surface area contributed by atoms with E-state index in [0.29, 0.717) is 13.1 Å². The first-order valence-electron chi connectivity index (χ1n) is 6.22. The van der Waals surface area contributed by atoms with Gasteiger partial charge in [-0.2, -0.15) is 4.31 Å². The molecule has 1 fully saturated rings. The molecule has 0 bridgehead atoms. The summed E-state index contributed by atoms with van der Waals surface area (Å²) in [6.07, 6.45) is 1.78. The number of piperazine rings is 1.